The van der Waals surface area contributed by atoms with Gasteiger partial charge in [-0.1, -0.05) is 6.07 Å². The highest BCUT2D eigenvalue weighted by Gasteiger charge is 2.46. The molecule has 0 aliphatic heterocycles. The maximum absolute atomic E-state index is 10.8. The lowest BCUT2D eigenvalue weighted by molar-refractivity contribution is -0.548. The molecule has 0 spiro atoms. The Bertz CT molecular complexity index is 652. The summed E-state index contributed by atoms with van der Waals surface area (Å²) in [5.41, 5.74) is 0. The summed E-state index contributed by atoms with van der Waals surface area (Å²) in [5, 5.41) is 46.7. The van der Waals surface area contributed by atoms with Gasteiger partial charge in [-0.15, -0.1) is 57.7 Å². The molecule has 32 heavy (non-hydrogen) atoms. The van der Waals surface area contributed by atoms with E-state index in [4.69, 9.17) is 56.9 Å². The third-order valence-electron chi connectivity index (χ3n) is 3.36. The number of nitrogens with one attached hydrogen (secondary N) is 2. The van der Waals surface area contributed by atoms with E-state index in [9.17, 15) is 20.2 Å². The van der Waals surface area contributed by atoms with Crippen LogP contribution in [0.3, 0.4) is 0 Å². The minimum atomic E-state index is -1.82. The van der Waals surface area contributed by atoms with Gasteiger partial charge in [0.2, 0.25) is 0 Å². The minimum Gasteiger partial charge on any atom is -0.314 e. The highest BCUT2D eigenvalue weighted by Crippen LogP contribution is 2.30. The van der Waals surface area contributed by atoms with Gasteiger partial charge in [-0.2, -0.15) is 10.5 Å². The van der Waals surface area contributed by atoms with Gasteiger partial charge in [0.1, 0.15) is 12.1 Å². The Morgan fingerprint density at radius 2 is 1.25 bits per heavy atom. The van der Waals surface area contributed by atoms with Gasteiger partial charge in [-0.3, -0.25) is 20.2 Å². The smallest absolute Gasteiger partial charge is 0.312 e. The van der Waals surface area contributed by atoms with E-state index in [0.717, 1.165) is 37.5 Å². The van der Waals surface area contributed by atoms with E-state index in [0.29, 0.717) is 23.5 Å². The summed E-state index contributed by atoms with van der Waals surface area (Å²) in [6, 6.07) is 2.17. The molecule has 10 nitrogen and oxygen atoms in total. The molecular weight excluding hydrogens is 526 g/mol. The third-order valence-corrected chi connectivity index (χ3v) is 5.09. The number of thiophene rings is 1. The summed E-state index contributed by atoms with van der Waals surface area (Å²) >= 11 is 22.4. The topological polar surface area (TPSA) is 158 Å². The first kappa shape index (κ1) is 32.7. The van der Waals surface area contributed by atoms with E-state index in [-0.39, 0.29) is 4.88 Å². The van der Waals surface area contributed by atoms with Crippen molar-refractivity contribution < 1.29 is 9.85 Å². The van der Waals surface area contributed by atoms with Crippen LogP contribution >= 0.6 is 57.7 Å². The predicted molar refractivity (Wildman–Crippen MR) is 128 cm³/mol. The Morgan fingerprint density at radius 3 is 1.47 bits per heavy atom. The van der Waals surface area contributed by atoms with Crippen LogP contribution in [0.1, 0.15) is 10.8 Å². The number of rotatable bonds is 13. The zero-order valence-electron chi connectivity index (χ0n) is 17.0. The monoisotopic (exact) mass is 548 g/mol. The fraction of sp³-hybridized carbons (Fsp3) is 0.647. The fourth-order valence-electron chi connectivity index (χ4n) is 2.00. The van der Waals surface area contributed by atoms with Crippen LogP contribution in [-0.4, -0.2) is 71.6 Å². The average molecular weight is 550 g/mol. The molecule has 180 valence electrons. The van der Waals surface area contributed by atoms with Crippen LogP contribution in [0.25, 0.3) is 0 Å². The first-order valence-electron chi connectivity index (χ1n) is 9.11. The quantitative estimate of drug-likeness (QED) is 0.164. The maximum Gasteiger partial charge on any atom is 0.312 e. The average Bonchev–Trinajstić information content (AvgIpc) is 3.29. The van der Waals surface area contributed by atoms with E-state index in [2.05, 4.69) is 10.6 Å². The normalized spacial score (nSPS) is 12.4. The van der Waals surface area contributed by atoms with Gasteiger partial charge in [0, 0.05) is 64.4 Å². The number of alkyl halides is 4. The zero-order chi connectivity index (χ0) is 24.8. The minimum absolute atomic E-state index is 0.279. The molecule has 0 bridgehead atoms. The molecule has 2 atom stereocenters. The van der Waals surface area contributed by atoms with Crippen LogP contribution in [0.2, 0.25) is 0 Å². The van der Waals surface area contributed by atoms with Crippen molar-refractivity contribution in [2.75, 3.05) is 49.7 Å². The Hall–Kier alpha value is -1.44. The molecule has 0 radical (unpaired) electrons. The number of halogens is 4. The molecule has 1 rings (SSSR count). The molecule has 0 aliphatic carbocycles. The van der Waals surface area contributed by atoms with Crippen molar-refractivity contribution in [3.05, 3.63) is 42.6 Å². The Labute approximate surface area is 210 Å². The van der Waals surface area contributed by atoms with Crippen molar-refractivity contribution >= 4 is 57.7 Å². The number of hydrogen-bond acceptors (Lipinski definition) is 9. The first-order chi connectivity index (χ1) is 15.4. The Kier molecular flexibility index (Phi) is 23.3. The predicted octanol–water partition coefficient (Wildman–Crippen LogP) is 3.28. The molecule has 1 aromatic rings. The lowest BCUT2D eigenvalue weighted by atomic mass is 9.92. The standard InChI is InChI=1S/C9H6N4O4S.2C4H9Cl2N/c10-4-6(12(14)15)9(7(5-11)13(16)17)8-2-1-3-18-8;2*5-1-3-7-4-2-6/h1-3,6-7,9H;2*7H,1-4H2. The molecule has 0 aromatic carbocycles. The Balaban J connectivity index is 0. The summed E-state index contributed by atoms with van der Waals surface area (Å²) in [6.07, 6.45) is 0. The second kappa shape index (κ2) is 22.7. The van der Waals surface area contributed by atoms with Crippen molar-refractivity contribution in [3.63, 3.8) is 0 Å². The van der Waals surface area contributed by atoms with E-state index in [1.165, 1.54) is 18.2 Å². The first-order valence-corrected chi connectivity index (χ1v) is 12.1. The molecule has 15 heteroatoms. The Morgan fingerprint density at radius 1 is 0.875 bits per heavy atom. The summed E-state index contributed by atoms with van der Waals surface area (Å²) in [4.78, 5) is 20.0. The van der Waals surface area contributed by atoms with Crippen molar-refractivity contribution in [1.82, 2.24) is 10.6 Å². The largest absolute Gasteiger partial charge is 0.314 e. The molecule has 0 saturated heterocycles. The molecule has 2 unspecified atom stereocenters. The SMILES string of the molecule is ClCCNCCCl.ClCCNCCCl.N#CC(C(c1cccs1)C(C#N)[N+](=O)[O-])[N+](=O)[O-]. The van der Waals surface area contributed by atoms with Crippen LogP contribution in [0.5, 0.6) is 0 Å². The molecule has 0 aliphatic rings. The van der Waals surface area contributed by atoms with Crippen molar-refractivity contribution in [2.45, 2.75) is 18.0 Å². The van der Waals surface area contributed by atoms with Crippen LogP contribution in [0.4, 0.5) is 0 Å². The molecule has 0 saturated carbocycles. The lowest BCUT2D eigenvalue weighted by Crippen LogP contribution is -2.37. The number of nitro groups is 2. The highest BCUT2D eigenvalue weighted by molar-refractivity contribution is 7.10. The summed E-state index contributed by atoms with van der Waals surface area (Å²) in [7, 11) is 0. The molecule has 0 fully saturated rings. The van der Waals surface area contributed by atoms with Crippen LogP contribution in [0, 0.1) is 42.9 Å². The van der Waals surface area contributed by atoms with Crippen molar-refractivity contribution in [1.29, 1.82) is 10.5 Å². The maximum atomic E-state index is 10.8. The summed E-state index contributed by atoms with van der Waals surface area (Å²) < 4.78 is 0. The van der Waals surface area contributed by atoms with Gasteiger partial charge < -0.3 is 10.6 Å². The number of hydrogen-bond donors (Lipinski definition) is 2. The molecular formula is C17H24Cl4N6O4S. The molecule has 0 amide bonds. The van der Waals surface area contributed by atoms with Gasteiger partial charge >= 0.3 is 12.1 Å². The van der Waals surface area contributed by atoms with E-state index < -0.39 is 27.8 Å². The number of nitriles is 2. The van der Waals surface area contributed by atoms with Gasteiger partial charge in [0.05, 0.1) is 0 Å². The van der Waals surface area contributed by atoms with Gasteiger partial charge in [-0.25, -0.2) is 0 Å². The molecule has 2 N–H and O–H groups in total. The number of nitrogens with zero attached hydrogens (tertiary/aromatic N) is 4. The van der Waals surface area contributed by atoms with Crippen molar-refractivity contribution in [2.24, 2.45) is 0 Å². The van der Waals surface area contributed by atoms with Gasteiger partial charge in [0.15, 0.2) is 5.92 Å². The molecule has 1 heterocycles. The van der Waals surface area contributed by atoms with Crippen LogP contribution < -0.4 is 10.6 Å². The second-order valence-electron chi connectivity index (χ2n) is 5.52. The fourth-order valence-corrected chi connectivity index (χ4v) is 3.42. The van der Waals surface area contributed by atoms with E-state index >= 15 is 0 Å². The van der Waals surface area contributed by atoms with Gasteiger partial charge in [-0.05, 0) is 11.4 Å². The molecule has 1 aromatic heterocycles. The van der Waals surface area contributed by atoms with Crippen LogP contribution in [-0.2, 0) is 0 Å². The van der Waals surface area contributed by atoms with Crippen molar-refractivity contribution in [3.8, 4) is 12.1 Å². The summed E-state index contributed by atoms with van der Waals surface area (Å²) in [5.74, 6) is 1.28. The highest BCUT2D eigenvalue weighted by atomic mass is 35.5. The van der Waals surface area contributed by atoms with E-state index in [1.807, 2.05) is 0 Å². The third kappa shape index (κ3) is 15.4. The summed E-state index contributed by atoms with van der Waals surface area (Å²) in [6.45, 7) is 3.42. The van der Waals surface area contributed by atoms with Gasteiger partial charge in [0.25, 0.3) is 0 Å². The zero-order valence-corrected chi connectivity index (χ0v) is 20.8. The van der Waals surface area contributed by atoms with E-state index in [1.54, 1.807) is 11.4 Å². The lowest BCUT2D eigenvalue weighted by Gasteiger charge is -2.14. The van der Waals surface area contributed by atoms with Crippen LogP contribution in [0.15, 0.2) is 17.5 Å². The second-order valence-corrected chi connectivity index (χ2v) is 8.01.